The van der Waals surface area contributed by atoms with E-state index < -0.39 is 11.1 Å². The quantitative estimate of drug-likeness (QED) is 0.588. The molecule has 0 aliphatic rings. The maximum atomic E-state index is 11.2. The van der Waals surface area contributed by atoms with Gasteiger partial charge in [-0.3, -0.25) is 19.4 Å². The summed E-state index contributed by atoms with van der Waals surface area (Å²) in [4.78, 5) is 26.1. The van der Waals surface area contributed by atoms with Gasteiger partial charge in [0.25, 0.3) is 0 Å². The fraction of sp³-hybridized carbons (Fsp3) is 0.500. The molecule has 0 aliphatic carbocycles. The second-order valence-corrected chi connectivity index (χ2v) is 5.66. The smallest absolute Gasteiger partial charge is 0.339 e. The second-order valence-electron chi connectivity index (χ2n) is 3.96. The van der Waals surface area contributed by atoms with E-state index >= 15 is 0 Å². The fourth-order valence-corrected chi connectivity index (χ4v) is 2.95. The Hall–Kier alpha value is -1.68. The Labute approximate surface area is 122 Å². The summed E-state index contributed by atoms with van der Waals surface area (Å²) < 4.78 is 5.33. The van der Waals surface area contributed by atoms with Crippen LogP contribution in [0.15, 0.2) is 14.7 Å². The molecule has 10 heteroatoms. The van der Waals surface area contributed by atoms with Crippen molar-refractivity contribution in [3.63, 3.8) is 0 Å². The number of nitrogens with one attached hydrogen (secondary N) is 2. The molecule has 0 unspecified atom stereocenters. The summed E-state index contributed by atoms with van der Waals surface area (Å²) in [5.41, 5.74) is -0.697. The summed E-state index contributed by atoms with van der Waals surface area (Å²) in [6.45, 7) is 2.94. The van der Waals surface area contributed by atoms with Crippen LogP contribution in [-0.2, 0) is 12.8 Å². The highest BCUT2D eigenvalue weighted by Gasteiger charge is 2.10. The lowest BCUT2D eigenvalue weighted by atomic mass is 10.4. The van der Waals surface area contributed by atoms with E-state index in [9.17, 15) is 9.59 Å². The van der Waals surface area contributed by atoms with Crippen LogP contribution in [0.1, 0.15) is 19.0 Å². The average molecular weight is 314 g/mol. The van der Waals surface area contributed by atoms with Crippen LogP contribution in [-0.4, -0.2) is 30.9 Å². The first kappa shape index (κ1) is 14.7. The molecule has 0 amide bonds. The van der Waals surface area contributed by atoms with Gasteiger partial charge in [-0.15, -0.1) is 5.10 Å². The van der Waals surface area contributed by atoms with Gasteiger partial charge >= 0.3 is 11.1 Å². The third-order valence-electron chi connectivity index (χ3n) is 2.38. The van der Waals surface area contributed by atoms with Gasteiger partial charge in [0.2, 0.25) is 0 Å². The Bertz CT molecular complexity index is 692. The number of hydrogen-bond donors (Lipinski definition) is 2. The highest BCUT2D eigenvalue weighted by Crippen LogP contribution is 2.25. The summed E-state index contributed by atoms with van der Waals surface area (Å²) >= 11 is 2.62. The van der Waals surface area contributed by atoms with Crippen LogP contribution in [0.3, 0.4) is 0 Å². The molecule has 0 spiro atoms. The molecule has 2 heterocycles. The number of nitrogens with zero attached hydrogens (tertiary/aromatic N) is 4. The third-order valence-corrected chi connectivity index (χ3v) is 4.14. The van der Waals surface area contributed by atoms with Crippen LogP contribution in [0.4, 0.5) is 5.00 Å². The van der Waals surface area contributed by atoms with E-state index in [0.717, 1.165) is 23.7 Å². The number of thioether (sulfide) groups is 1. The van der Waals surface area contributed by atoms with Crippen molar-refractivity contribution < 1.29 is 0 Å². The van der Waals surface area contributed by atoms with E-state index in [4.69, 9.17) is 0 Å². The minimum atomic E-state index is -0.786. The van der Waals surface area contributed by atoms with E-state index in [1.165, 1.54) is 28.0 Å². The Morgan fingerprint density at radius 1 is 1.45 bits per heavy atom. The molecule has 0 bridgehead atoms. The van der Waals surface area contributed by atoms with Crippen molar-refractivity contribution >= 4 is 28.3 Å². The van der Waals surface area contributed by atoms with Crippen LogP contribution in [0.5, 0.6) is 0 Å². The first-order valence-corrected chi connectivity index (χ1v) is 7.73. The van der Waals surface area contributed by atoms with Crippen molar-refractivity contribution in [1.82, 2.24) is 24.4 Å². The van der Waals surface area contributed by atoms with Gasteiger partial charge < -0.3 is 5.32 Å². The molecule has 0 fully saturated rings. The van der Waals surface area contributed by atoms with E-state index in [0.29, 0.717) is 10.9 Å². The summed E-state index contributed by atoms with van der Waals surface area (Å²) in [5, 5.41) is 11.1. The predicted octanol–water partition coefficient (Wildman–Crippen LogP) is 0.434. The van der Waals surface area contributed by atoms with Gasteiger partial charge in [-0.1, -0.05) is 23.2 Å². The number of anilines is 1. The van der Waals surface area contributed by atoms with Gasteiger partial charge in [-0.2, -0.15) is 4.98 Å². The minimum absolute atomic E-state index is 0.434. The van der Waals surface area contributed by atoms with E-state index in [-0.39, 0.29) is 0 Å². The van der Waals surface area contributed by atoms with E-state index in [1.54, 1.807) is 7.05 Å². The van der Waals surface area contributed by atoms with E-state index in [1.807, 2.05) is 0 Å². The van der Waals surface area contributed by atoms with Crippen molar-refractivity contribution in [2.75, 3.05) is 11.9 Å². The zero-order valence-electron chi connectivity index (χ0n) is 11.0. The van der Waals surface area contributed by atoms with Crippen molar-refractivity contribution in [3.8, 4) is 0 Å². The Morgan fingerprint density at radius 3 is 3.00 bits per heavy atom. The summed E-state index contributed by atoms with van der Waals surface area (Å²) in [6, 6.07) is 0. The van der Waals surface area contributed by atoms with Gasteiger partial charge in [-0.25, -0.2) is 0 Å². The molecule has 2 N–H and O–H groups in total. The lowest BCUT2D eigenvalue weighted by molar-refractivity contribution is 0.596. The van der Waals surface area contributed by atoms with Gasteiger partial charge in [0.1, 0.15) is 10.7 Å². The number of H-pyrrole nitrogens is 1. The standard InChI is InChI=1S/C10H14N6O2S2/c1-3-4-11-9-6(13-15-20-9)5-19-10-12-7(17)8(18)14-16(10)2/h11H,3-5H2,1-2H3,(H,14,18). The van der Waals surface area contributed by atoms with Crippen molar-refractivity contribution in [3.05, 3.63) is 26.4 Å². The molecular weight excluding hydrogens is 300 g/mol. The van der Waals surface area contributed by atoms with E-state index in [2.05, 4.69) is 31.9 Å². The first-order chi connectivity index (χ1) is 9.61. The molecule has 0 atom stereocenters. The summed E-state index contributed by atoms with van der Waals surface area (Å²) in [7, 11) is 1.63. The highest BCUT2D eigenvalue weighted by molar-refractivity contribution is 7.98. The van der Waals surface area contributed by atoms with Crippen molar-refractivity contribution in [2.24, 2.45) is 7.05 Å². The van der Waals surface area contributed by atoms with Gasteiger partial charge in [-0.05, 0) is 6.42 Å². The van der Waals surface area contributed by atoms with Crippen molar-refractivity contribution in [1.29, 1.82) is 0 Å². The average Bonchev–Trinajstić information content (AvgIpc) is 2.86. The molecule has 2 aromatic heterocycles. The topological polar surface area (TPSA) is 106 Å². The zero-order valence-corrected chi connectivity index (χ0v) is 12.7. The summed E-state index contributed by atoms with van der Waals surface area (Å²) in [5.74, 6) is 0.523. The van der Waals surface area contributed by atoms with Crippen LogP contribution < -0.4 is 16.4 Å². The SMILES string of the molecule is CCCNc1snnc1CSc1nc(=O)c(=O)[nH]n1C. The van der Waals surface area contributed by atoms with Gasteiger partial charge in [0.15, 0.2) is 5.16 Å². The lowest BCUT2D eigenvalue weighted by Crippen LogP contribution is -2.33. The molecular formula is C10H14N6O2S2. The Morgan fingerprint density at radius 2 is 2.25 bits per heavy atom. The molecule has 0 radical (unpaired) electrons. The number of hydrogen-bond acceptors (Lipinski definition) is 8. The molecule has 0 saturated carbocycles. The Kier molecular flexibility index (Phi) is 4.90. The number of aromatic amines is 1. The summed E-state index contributed by atoms with van der Waals surface area (Å²) in [6.07, 6.45) is 1.01. The molecule has 8 nitrogen and oxygen atoms in total. The van der Waals surface area contributed by atoms with Crippen LogP contribution in [0, 0.1) is 0 Å². The molecule has 20 heavy (non-hydrogen) atoms. The Balaban J connectivity index is 2.09. The van der Waals surface area contributed by atoms with Gasteiger partial charge in [0, 0.05) is 30.9 Å². The maximum absolute atomic E-state index is 11.2. The number of aryl methyl sites for hydroxylation is 1. The maximum Gasteiger partial charge on any atom is 0.339 e. The number of aromatic nitrogens is 5. The third kappa shape index (κ3) is 3.45. The predicted molar refractivity (Wildman–Crippen MR) is 78.3 cm³/mol. The monoisotopic (exact) mass is 314 g/mol. The van der Waals surface area contributed by atoms with Gasteiger partial charge in [0.05, 0.1) is 0 Å². The van der Waals surface area contributed by atoms with Crippen molar-refractivity contribution in [2.45, 2.75) is 24.3 Å². The first-order valence-electron chi connectivity index (χ1n) is 5.97. The zero-order chi connectivity index (χ0) is 14.5. The minimum Gasteiger partial charge on any atom is -0.374 e. The molecule has 0 aliphatic heterocycles. The van der Waals surface area contributed by atoms with Crippen LogP contribution in [0.2, 0.25) is 0 Å². The second kappa shape index (κ2) is 6.66. The molecule has 0 saturated heterocycles. The number of rotatable bonds is 6. The molecule has 108 valence electrons. The lowest BCUT2D eigenvalue weighted by Gasteiger charge is -2.06. The fourth-order valence-electron chi connectivity index (χ4n) is 1.40. The van der Waals surface area contributed by atoms with Crippen LogP contribution in [0.25, 0.3) is 0 Å². The normalized spacial score (nSPS) is 10.7. The molecule has 2 aromatic rings. The van der Waals surface area contributed by atoms with Crippen LogP contribution >= 0.6 is 23.3 Å². The largest absolute Gasteiger partial charge is 0.374 e. The molecule has 2 rings (SSSR count). The molecule has 0 aromatic carbocycles. The highest BCUT2D eigenvalue weighted by atomic mass is 32.2.